The van der Waals surface area contributed by atoms with Crippen molar-refractivity contribution in [1.82, 2.24) is 4.98 Å². The first-order valence-electron chi connectivity index (χ1n) is 5.55. The van der Waals surface area contributed by atoms with Gasteiger partial charge in [0.2, 0.25) is 5.88 Å². The lowest BCUT2D eigenvalue weighted by atomic mass is 10.2. The molecular formula is C12H18N2O2S. The largest absolute Gasteiger partial charge is 0.472 e. The van der Waals surface area contributed by atoms with Crippen LogP contribution in [0.2, 0.25) is 0 Å². The van der Waals surface area contributed by atoms with Gasteiger partial charge >= 0.3 is 0 Å². The highest BCUT2D eigenvalue weighted by Gasteiger charge is 2.08. The molecule has 0 radical (unpaired) electrons. The number of hydrogen-bond acceptors (Lipinski definition) is 4. The summed E-state index contributed by atoms with van der Waals surface area (Å²) in [5.41, 5.74) is 7.18. The van der Waals surface area contributed by atoms with Crippen LogP contribution in [0.3, 0.4) is 0 Å². The Hall–Kier alpha value is -1.20. The molecule has 0 aliphatic carbocycles. The highest BCUT2D eigenvalue weighted by molar-refractivity contribution is 7.80. The third-order valence-electron chi connectivity index (χ3n) is 2.09. The standard InChI is InChI=1S/C12H18N2O2S/c1-4-15-7-9(3)16-11-6-10(12(13)17)5-8(2)14-11/h5-6,9H,4,7H2,1-3H3,(H2,13,17). The van der Waals surface area contributed by atoms with E-state index in [9.17, 15) is 0 Å². The van der Waals surface area contributed by atoms with Crippen LogP contribution in [0.15, 0.2) is 12.1 Å². The fourth-order valence-corrected chi connectivity index (χ4v) is 1.48. The van der Waals surface area contributed by atoms with E-state index in [0.717, 1.165) is 11.3 Å². The molecule has 1 rings (SSSR count). The van der Waals surface area contributed by atoms with Gasteiger partial charge in [-0.25, -0.2) is 4.98 Å². The van der Waals surface area contributed by atoms with Crippen LogP contribution in [0.1, 0.15) is 25.1 Å². The molecule has 0 amide bonds. The predicted octanol–water partition coefficient (Wildman–Crippen LogP) is 1.83. The molecular weight excluding hydrogens is 236 g/mol. The van der Waals surface area contributed by atoms with Crippen molar-refractivity contribution in [2.75, 3.05) is 13.2 Å². The number of ether oxygens (including phenoxy) is 2. The minimum Gasteiger partial charge on any atom is -0.472 e. The van der Waals surface area contributed by atoms with E-state index in [1.165, 1.54) is 0 Å². The fourth-order valence-electron chi connectivity index (χ4n) is 1.36. The second kappa shape index (κ2) is 6.51. The summed E-state index contributed by atoms with van der Waals surface area (Å²) in [6.45, 7) is 6.96. The van der Waals surface area contributed by atoms with E-state index in [0.29, 0.717) is 24.1 Å². The SMILES string of the molecule is CCOCC(C)Oc1cc(C(N)=S)cc(C)n1. The molecule has 0 saturated heterocycles. The highest BCUT2D eigenvalue weighted by Crippen LogP contribution is 2.14. The van der Waals surface area contributed by atoms with Crippen molar-refractivity contribution in [2.45, 2.75) is 26.9 Å². The quantitative estimate of drug-likeness (QED) is 0.785. The Bertz CT molecular complexity index is 396. The third-order valence-corrected chi connectivity index (χ3v) is 2.33. The number of nitrogens with two attached hydrogens (primary N) is 1. The molecule has 0 aliphatic rings. The summed E-state index contributed by atoms with van der Waals surface area (Å²) in [6, 6.07) is 3.58. The summed E-state index contributed by atoms with van der Waals surface area (Å²) in [5, 5.41) is 0. The molecule has 4 nitrogen and oxygen atoms in total. The number of pyridine rings is 1. The van der Waals surface area contributed by atoms with Gasteiger partial charge in [-0.2, -0.15) is 0 Å². The number of aryl methyl sites for hydroxylation is 1. The highest BCUT2D eigenvalue weighted by atomic mass is 32.1. The van der Waals surface area contributed by atoms with E-state index in [4.69, 9.17) is 27.4 Å². The molecule has 0 fully saturated rings. The first kappa shape index (κ1) is 13.9. The lowest BCUT2D eigenvalue weighted by Crippen LogP contribution is -2.20. The first-order chi connectivity index (χ1) is 8.02. The number of aromatic nitrogens is 1. The molecule has 5 heteroatoms. The van der Waals surface area contributed by atoms with Gasteiger partial charge in [-0.1, -0.05) is 12.2 Å². The number of hydrogen-bond donors (Lipinski definition) is 1. The van der Waals surface area contributed by atoms with Gasteiger partial charge in [-0.05, 0) is 26.8 Å². The van der Waals surface area contributed by atoms with E-state index >= 15 is 0 Å². The number of thiocarbonyl (C=S) groups is 1. The molecule has 1 aromatic rings. The maximum atomic E-state index is 5.64. The van der Waals surface area contributed by atoms with Crippen molar-refractivity contribution < 1.29 is 9.47 Å². The fraction of sp³-hybridized carbons (Fsp3) is 0.500. The van der Waals surface area contributed by atoms with E-state index in [1.54, 1.807) is 6.07 Å². The Balaban J connectivity index is 2.73. The Morgan fingerprint density at radius 2 is 2.24 bits per heavy atom. The Labute approximate surface area is 107 Å². The van der Waals surface area contributed by atoms with Crippen LogP contribution < -0.4 is 10.5 Å². The van der Waals surface area contributed by atoms with Crippen molar-refractivity contribution in [1.29, 1.82) is 0 Å². The van der Waals surface area contributed by atoms with Crippen LogP contribution in [0, 0.1) is 6.92 Å². The summed E-state index contributed by atoms with van der Waals surface area (Å²) >= 11 is 4.93. The summed E-state index contributed by atoms with van der Waals surface area (Å²) in [5.74, 6) is 0.528. The maximum absolute atomic E-state index is 5.64. The number of nitrogens with zero attached hydrogens (tertiary/aromatic N) is 1. The van der Waals surface area contributed by atoms with E-state index in [2.05, 4.69) is 4.98 Å². The molecule has 0 spiro atoms. The molecule has 1 heterocycles. The van der Waals surface area contributed by atoms with Gasteiger partial charge in [0.15, 0.2) is 0 Å². The average Bonchev–Trinajstić information content (AvgIpc) is 2.25. The Kier molecular flexibility index (Phi) is 5.31. The van der Waals surface area contributed by atoms with Crippen LogP contribution >= 0.6 is 12.2 Å². The van der Waals surface area contributed by atoms with Gasteiger partial charge in [0.25, 0.3) is 0 Å². The first-order valence-corrected chi connectivity index (χ1v) is 5.96. The Morgan fingerprint density at radius 3 is 2.82 bits per heavy atom. The van der Waals surface area contributed by atoms with Gasteiger partial charge in [0, 0.05) is 23.9 Å². The second-order valence-corrected chi connectivity index (χ2v) is 4.23. The third kappa shape index (κ3) is 4.66. The predicted molar refractivity (Wildman–Crippen MR) is 71.4 cm³/mol. The van der Waals surface area contributed by atoms with Crippen molar-refractivity contribution in [3.8, 4) is 5.88 Å². The normalized spacial score (nSPS) is 12.2. The molecule has 0 aromatic carbocycles. The zero-order chi connectivity index (χ0) is 12.8. The summed E-state index contributed by atoms with van der Waals surface area (Å²) in [7, 11) is 0. The molecule has 94 valence electrons. The van der Waals surface area contributed by atoms with E-state index in [-0.39, 0.29) is 6.10 Å². The Morgan fingerprint density at radius 1 is 1.53 bits per heavy atom. The van der Waals surface area contributed by atoms with Crippen LogP contribution in [0.5, 0.6) is 5.88 Å². The van der Waals surface area contributed by atoms with Gasteiger partial charge in [0.05, 0.1) is 6.61 Å². The van der Waals surface area contributed by atoms with E-state index in [1.807, 2.05) is 26.8 Å². The maximum Gasteiger partial charge on any atom is 0.214 e. The molecule has 1 aromatic heterocycles. The lowest BCUT2D eigenvalue weighted by Gasteiger charge is -2.14. The summed E-state index contributed by atoms with van der Waals surface area (Å²) in [6.07, 6.45) is -0.0524. The van der Waals surface area contributed by atoms with Crippen LogP contribution in [0.25, 0.3) is 0 Å². The van der Waals surface area contributed by atoms with Gasteiger partial charge < -0.3 is 15.2 Å². The number of rotatable bonds is 6. The van der Waals surface area contributed by atoms with Crippen molar-refractivity contribution in [3.63, 3.8) is 0 Å². The minimum atomic E-state index is -0.0524. The molecule has 1 unspecified atom stereocenters. The van der Waals surface area contributed by atoms with Crippen molar-refractivity contribution >= 4 is 17.2 Å². The lowest BCUT2D eigenvalue weighted by molar-refractivity contribution is 0.0633. The summed E-state index contributed by atoms with van der Waals surface area (Å²) < 4.78 is 10.9. The molecule has 0 bridgehead atoms. The summed E-state index contributed by atoms with van der Waals surface area (Å²) in [4.78, 5) is 4.62. The smallest absolute Gasteiger partial charge is 0.214 e. The topological polar surface area (TPSA) is 57.4 Å². The average molecular weight is 254 g/mol. The zero-order valence-corrected chi connectivity index (χ0v) is 11.2. The molecule has 17 heavy (non-hydrogen) atoms. The molecule has 0 aliphatic heterocycles. The van der Waals surface area contributed by atoms with Crippen LogP contribution in [-0.4, -0.2) is 29.3 Å². The minimum absolute atomic E-state index is 0.0524. The van der Waals surface area contributed by atoms with E-state index < -0.39 is 0 Å². The zero-order valence-electron chi connectivity index (χ0n) is 10.4. The second-order valence-electron chi connectivity index (χ2n) is 3.79. The molecule has 1 atom stereocenters. The van der Waals surface area contributed by atoms with Gasteiger partial charge in [0.1, 0.15) is 11.1 Å². The monoisotopic (exact) mass is 254 g/mol. The van der Waals surface area contributed by atoms with Crippen molar-refractivity contribution in [3.05, 3.63) is 23.4 Å². The van der Waals surface area contributed by atoms with Gasteiger partial charge in [-0.3, -0.25) is 0 Å². The van der Waals surface area contributed by atoms with Gasteiger partial charge in [-0.15, -0.1) is 0 Å². The molecule has 0 saturated carbocycles. The molecule has 2 N–H and O–H groups in total. The van der Waals surface area contributed by atoms with Crippen molar-refractivity contribution in [2.24, 2.45) is 5.73 Å². The van der Waals surface area contributed by atoms with Crippen LogP contribution in [0.4, 0.5) is 0 Å². The van der Waals surface area contributed by atoms with Crippen LogP contribution in [-0.2, 0) is 4.74 Å².